The number of nitrogens with two attached hydrogens (primary N) is 1. The number of carbonyl (C=O) groups excluding carboxylic acids is 1. The van der Waals surface area contributed by atoms with Crippen molar-refractivity contribution in [1.29, 1.82) is 0 Å². The highest BCUT2D eigenvalue weighted by atomic mass is 16.5. The molecule has 1 aliphatic carbocycles. The molecule has 1 aromatic carbocycles. The van der Waals surface area contributed by atoms with Gasteiger partial charge < -0.3 is 15.8 Å². The van der Waals surface area contributed by atoms with Gasteiger partial charge in [-0.3, -0.25) is 4.79 Å². The fraction of sp³-hybridized carbons (Fsp3) is 0.588. The maximum atomic E-state index is 11.2. The van der Waals surface area contributed by atoms with Crippen molar-refractivity contribution in [3.05, 3.63) is 29.8 Å². The summed E-state index contributed by atoms with van der Waals surface area (Å²) < 4.78 is 5.24. The zero-order valence-corrected chi connectivity index (χ0v) is 13.0. The lowest BCUT2D eigenvalue weighted by Crippen LogP contribution is -2.47. The first-order valence-electron chi connectivity index (χ1n) is 7.75. The fourth-order valence-corrected chi connectivity index (χ4v) is 3.19. The molecule has 0 aliphatic heterocycles. The van der Waals surface area contributed by atoms with Gasteiger partial charge in [0.25, 0.3) is 0 Å². The van der Waals surface area contributed by atoms with Gasteiger partial charge in [0.1, 0.15) is 5.75 Å². The van der Waals surface area contributed by atoms with E-state index in [1.165, 1.54) is 24.8 Å². The summed E-state index contributed by atoms with van der Waals surface area (Å²) in [4.78, 5) is 11.2. The van der Waals surface area contributed by atoms with Gasteiger partial charge in [-0.1, -0.05) is 31.4 Å². The molecule has 116 valence electrons. The van der Waals surface area contributed by atoms with Crippen molar-refractivity contribution >= 4 is 5.91 Å². The summed E-state index contributed by atoms with van der Waals surface area (Å²) in [6.45, 7) is 2.62. The molecule has 1 fully saturated rings. The number of carbonyl (C=O) groups is 1. The van der Waals surface area contributed by atoms with E-state index in [1.54, 1.807) is 7.11 Å². The molecule has 0 bridgehead atoms. The molecular weight excluding hydrogens is 264 g/mol. The summed E-state index contributed by atoms with van der Waals surface area (Å²) in [7, 11) is 1.68. The molecule has 2 rings (SSSR count). The van der Waals surface area contributed by atoms with Crippen LogP contribution < -0.4 is 15.8 Å². The number of ether oxygens (including phenoxy) is 1. The van der Waals surface area contributed by atoms with E-state index in [9.17, 15) is 4.79 Å². The first-order chi connectivity index (χ1) is 10.1. The van der Waals surface area contributed by atoms with Crippen LogP contribution in [0.2, 0.25) is 0 Å². The van der Waals surface area contributed by atoms with Gasteiger partial charge in [0.05, 0.1) is 13.2 Å². The second kappa shape index (κ2) is 6.94. The largest absolute Gasteiger partial charge is 0.497 e. The molecule has 1 atom stereocenters. The Morgan fingerprint density at radius 1 is 1.29 bits per heavy atom. The third-order valence-corrected chi connectivity index (χ3v) is 4.69. The van der Waals surface area contributed by atoms with Crippen LogP contribution in [0.3, 0.4) is 0 Å². The third-order valence-electron chi connectivity index (χ3n) is 4.69. The minimum Gasteiger partial charge on any atom is -0.497 e. The smallest absolute Gasteiger partial charge is 0.234 e. The number of methoxy groups -OCH3 is 1. The predicted octanol–water partition coefficient (Wildman–Crippen LogP) is 2.36. The van der Waals surface area contributed by atoms with E-state index in [-0.39, 0.29) is 17.4 Å². The average molecular weight is 290 g/mol. The minimum absolute atomic E-state index is 0.105. The number of amides is 1. The van der Waals surface area contributed by atoms with E-state index in [1.807, 2.05) is 19.1 Å². The van der Waals surface area contributed by atoms with Crippen molar-refractivity contribution in [2.75, 3.05) is 13.7 Å². The number of hydrogen-bond donors (Lipinski definition) is 2. The fourth-order valence-electron chi connectivity index (χ4n) is 3.19. The van der Waals surface area contributed by atoms with Crippen molar-refractivity contribution in [3.63, 3.8) is 0 Å². The molecule has 1 amide bonds. The molecule has 1 unspecified atom stereocenters. The van der Waals surface area contributed by atoms with Crippen LogP contribution in [-0.2, 0) is 10.2 Å². The van der Waals surface area contributed by atoms with Crippen LogP contribution in [0.1, 0.15) is 44.6 Å². The van der Waals surface area contributed by atoms with Crippen LogP contribution in [0.25, 0.3) is 0 Å². The van der Waals surface area contributed by atoms with Crippen LogP contribution in [-0.4, -0.2) is 25.6 Å². The van der Waals surface area contributed by atoms with Gasteiger partial charge in [-0.2, -0.15) is 0 Å². The van der Waals surface area contributed by atoms with Gasteiger partial charge in [-0.25, -0.2) is 0 Å². The van der Waals surface area contributed by atoms with Gasteiger partial charge in [0, 0.05) is 12.0 Å². The summed E-state index contributed by atoms with van der Waals surface area (Å²) in [6, 6.07) is 8.05. The van der Waals surface area contributed by atoms with Crippen molar-refractivity contribution in [3.8, 4) is 5.75 Å². The molecule has 0 saturated heterocycles. The average Bonchev–Trinajstić information content (AvgIpc) is 2.53. The molecule has 0 heterocycles. The molecule has 21 heavy (non-hydrogen) atoms. The van der Waals surface area contributed by atoms with E-state index in [4.69, 9.17) is 10.5 Å². The molecule has 4 heteroatoms. The Morgan fingerprint density at radius 3 is 2.43 bits per heavy atom. The Bertz CT molecular complexity index is 464. The van der Waals surface area contributed by atoms with Gasteiger partial charge in [0.15, 0.2) is 0 Å². The van der Waals surface area contributed by atoms with Crippen LogP contribution in [0.4, 0.5) is 0 Å². The van der Waals surface area contributed by atoms with Crippen molar-refractivity contribution in [2.24, 2.45) is 5.73 Å². The zero-order chi connectivity index (χ0) is 15.3. The normalized spacial score (nSPS) is 19.0. The monoisotopic (exact) mass is 290 g/mol. The van der Waals surface area contributed by atoms with Crippen LogP contribution >= 0.6 is 0 Å². The Kier molecular flexibility index (Phi) is 5.23. The van der Waals surface area contributed by atoms with Crippen LogP contribution in [0.5, 0.6) is 5.75 Å². The van der Waals surface area contributed by atoms with Crippen LogP contribution in [0.15, 0.2) is 24.3 Å². The van der Waals surface area contributed by atoms with Crippen LogP contribution in [0, 0.1) is 0 Å². The number of rotatable bonds is 6. The lowest BCUT2D eigenvalue weighted by Gasteiger charge is -2.39. The summed E-state index contributed by atoms with van der Waals surface area (Å²) in [5.74, 6) is 0.582. The highest BCUT2D eigenvalue weighted by Crippen LogP contribution is 2.39. The van der Waals surface area contributed by atoms with E-state index in [2.05, 4.69) is 17.4 Å². The van der Waals surface area contributed by atoms with E-state index >= 15 is 0 Å². The highest BCUT2D eigenvalue weighted by molar-refractivity contribution is 5.79. The molecule has 0 spiro atoms. The molecule has 1 saturated carbocycles. The number of nitrogens with one attached hydrogen (secondary N) is 1. The van der Waals surface area contributed by atoms with E-state index < -0.39 is 0 Å². The Labute approximate surface area is 127 Å². The number of primary amides is 1. The van der Waals surface area contributed by atoms with Crippen molar-refractivity contribution < 1.29 is 9.53 Å². The first kappa shape index (κ1) is 15.8. The Morgan fingerprint density at radius 2 is 1.90 bits per heavy atom. The van der Waals surface area contributed by atoms with Gasteiger partial charge in [-0.15, -0.1) is 0 Å². The summed E-state index contributed by atoms with van der Waals surface area (Å²) in [6.07, 6.45) is 6.07. The topological polar surface area (TPSA) is 64.3 Å². The SMILES string of the molecule is COc1ccc(C2(CNC(C)C(N)=O)CCCCC2)cc1. The summed E-state index contributed by atoms with van der Waals surface area (Å²) in [5.41, 5.74) is 6.78. The quantitative estimate of drug-likeness (QED) is 0.845. The zero-order valence-electron chi connectivity index (χ0n) is 13.0. The molecule has 3 N–H and O–H groups in total. The molecule has 4 nitrogen and oxygen atoms in total. The molecule has 1 aromatic rings. The van der Waals surface area contributed by atoms with E-state index in [0.717, 1.165) is 25.1 Å². The second-order valence-electron chi connectivity index (χ2n) is 6.07. The Balaban J connectivity index is 2.17. The predicted molar refractivity (Wildman–Crippen MR) is 84.4 cm³/mol. The van der Waals surface area contributed by atoms with Crippen molar-refractivity contribution in [2.45, 2.75) is 50.5 Å². The van der Waals surface area contributed by atoms with E-state index in [0.29, 0.717) is 0 Å². The summed E-state index contributed by atoms with van der Waals surface area (Å²) >= 11 is 0. The number of hydrogen-bond acceptors (Lipinski definition) is 3. The third kappa shape index (κ3) is 3.76. The van der Waals surface area contributed by atoms with Gasteiger partial charge in [-0.05, 0) is 37.5 Å². The van der Waals surface area contributed by atoms with Gasteiger partial charge >= 0.3 is 0 Å². The lowest BCUT2D eigenvalue weighted by atomic mass is 9.69. The molecule has 0 aromatic heterocycles. The summed E-state index contributed by atoms with van der Waals surface area (Å²) in [5, 5.41) is 3.31. The van der Waals surface area contributed by atoms with Gasteiger partial charge in [0.2, 0.25) is 5.91 Å². The molecule has 1 aliphatic rings. The molecule has 0 radical (unpaired) electrons. The maximum Gasteiger partial charge on any atom is 0.234 e. The lowest BCUT2D eigenvalue weighted by molar-refractivity contribution is -0.119. The maximum absolute atomic E-state index is 11.2. The Hall–Kier alpha value is -1.55. The first-order valence-corrected chi connectivity index (χ1v) is 7.75. The van der Waals surface area contributed by atoms with Crippen molar-refractivity contribution in [1.82, 2.24) is 5.32 Å². The number of benzene rings is 1. The highest BCUT2D eigenvalue weighted by Gasteiger charge is 2.34. The standard InChI is InChI=1S/C17H26N2O2/c1-13(16(18)20)19-12-17(10-4-3-5-11-17)14-6-8-15(21-2)9-7-14/h6-9,13,19H,3-5,10-12H2,1-2H3,(H2,18,20). The second-order valence-corrected chi connectivity index (χ2v) is 6.07. The minimum atomic E-state index is -0.296. The molecular formula is C17H26N2O2.